The highest BCUT2D eigenvalue weighted by atomic mass is 16.3. The zero-order valence-electron chi connectivity index (χ0n) is 30.1. The fourth-order valence-electron chi connectivity index (χ4n) is 9.50. The van der Waals surface area contributed by atoms with Gasteiger partial charge in [0.15, 0.2) is 17.5 Å². The Labute approximate surface area is 323 Å². The SMILES string of the molecule is c1ccc(-c2nc(-c3ccc(-c4cccc5c4C4(c6ccccc6-c6ccccc64)c4ccccc4-5)cc3)nc(-c3cccc4oc5ccccc5c34)n2)cc1. The average Bonchev–Trinajstić information content (AvgIpc) is 3.91. The fraction of sp³-hybridized carbons (Fsp3) is 0.0192. The van der Waals surface area contributed by atoms with E-state index < -0.39 is 5.41 Å². The number of rotatable bonds is 4. The first-order valence-electron chi connectivity index (χ1n) is 19.0. The first-order chi connectivity index (χ1) is 27.8. The third-order valence-electron chi connectivity index (χ3n) is 11.8. The van der Waals surface area contributed by atoms with Gasteiger partial charge in [0.1, 0.15) is 11.2 Å². The van der Waals surface area contributed by atoms with Crippen molar-refractivity contribution in [3.05, 3.63) is 210 Å². The van der Waals surface area contributed by atoms with Crippen molar-refractivity contribution in [2.75, 3.05) is 0 Å². The summed E-state index contributed by atoms with van der Waals surface area (Å²) >= 11 is 0. The average molecular weight is 714 g/mol. The molecule has 0 fully saturated rings. The van der Waals surface area contributed by atoms with Crippen molar-refractivity contribution in [3.63, 3.8) is 0 Å². The third-order valence-corrected chi connectivity index (χ3v) is 11.8. The van der Waals surface area contributed by atoms with Crippen LogP contribution < -0.4 is 0 Å². The van der Waals surface area contributed by atoms with Crippen molar-refractivity contribution < 1.29 is 4.42 Å². The third kappa shape index (κ3) is 4.27. The van der Waals surface area contributed by atoms with E-state index in [2.05, 4.69) is 127 Å². The van der Waals surface area contributed by atoms with Crippen LogP contribution in [0, 0.1) is 0 Å². The van der Waals surface area contributed by atoms with Crippen molar-refractivity contribution in [2.24, 2.45) is 0 Å². The smallest absolute Gasteiger partial charge is 0.164 e. The van der Waals surface area contributed by atoms with E-state index in [0.717, 1.165) is 44.2 Å². The molecule has 0 radical (unpaired) electrons. The maximum Gasteiger partial charge on any atom is 0.164 e. The lowest BCUT2D eigenvalue weighted by molar-refractivity contribution is 0.669. The molecule has 2 aromatic heterocycles. The Balaban J connectivity index is 1.04. The first-order valence-corrected chi connectivity index (χ1v) is 19.0. The highest BCUT2D eigenvalue weighted by Crippen LogP contribution is 2.64. The predicted molar refractivity (Wildman–Crippen MR) is 225 cm³/mol. The van der Waals surface area contributed by atoms with E-state index in [9.17, 15) is 0 Å². The molecule has 0 atom stereocenters. The summed E-state index contributed by atoms with van der Waals surface area (Å²) < 4.78 is 6.25. The molecule has 2 heterocycles. The van der Waals surface area contributed by atoms with Gasteiger partial charge in [-0.1, -0.05) is 176 Å². The van der Waals surface area contributed by atoms with Gasteiger partial charge in [-0.05, 0) is 67.8 Å². The molecule has 2 aliphatic carbocycles. The van der Waals surface area contributed by atoms with Gasteiger partial charge >= 0.3 is 0 Å². The second-order valence-electron chi connectivity index (χ2n) is 14.6. The van der Waals surface area contributed by atoms with E-state index >= 15 is 0 Å². The van der Waals surface area contributed by atoms with Crippen LogP contribution in [-0.2, 0) is 5.41 Å². The van der Waals surface area contributed by atoms with Crippen molar-refractivity contribution in [2.45, 2.75) is 5.41 Å². The van der Waals surface area contributed by atoms with Crippen LogP contribution in [0.25, 0.3) is 89.5 Å². The van der Waals surface area contributed by atoms with Crippen molar-refractivity contribution in [3.8, 4) is 67.5 Å². The van der Waals surface area contributed by atoms with Gasteiger partial charge < -0.3 is 4.42 Å². The number of benzene rings is 8. The van der Waals surface area contributed by atoms with Gasteiger partial charge in [0.05, 0.1) is 5.41 Å². The Kier molecular flexibility index (Phi) is 6.52. The molecule has 0 amide bonds. The van der Waals surface area contributed by atoms with Gasteiger partial charge in [0.2, 0.25) is 0 Å². The Morgan fingerprint density at radius 1 is 0.321 bits per heavy atom. The molecular weight excluding hydrogens is 683 g/mol. The van der Waals surface area contributed by atoms with Gasteiger partial charge in [-0.25, -0.2) is 15.0 Å². The van der Waals surface area contributed by atoms with Crippen LogP contribution in [0.4, 0.5) is 0 Å². The summed E-state index contributed by atoms with van der Waals surface area (Å²) in [6, 6.07) is 66.8. The highest BCUT2D eigenvalue weighted by molar-refractivity contribution is 6.11. The molecule has 0 aliphatic heterocycles. The minimum absolute atomic E-state index is 0.430. The van der Waals surface area contributed by atoms with E-state index in [0.29, 0.717) is 17.5 Å². The predicted octanol–water partition coefficient (Wildman–Crippen LogP) is 12.8. The minimum atomic E-state index is -0.430. The number of para-hydroxylation sites is 1. The van der Waals surface area contributed by atoms with Crippen LogP contribution in [0.3, 0.4) is 0 Å². The van der Waals surface area contributed by atoms with Crippen molar-refractivity contribution in [1.82, 2.24) is 15.0 Å². The van der Waals surface area contributed by atoms with Crippen molar-refractivity contribution in [1.29, 1.82) is 0 Å². The second kappa shape index (κ2) is 11.8. The van der Waals surface area contributed by atoms with Gasteiger partial charge in [-0.2, -0.15) is 0 Å². The summed E-state index contributed by atoms with van der Waals surface area (Å²) in [5.41, 5.74) is 16.9. The molecule has 2 aliphatic rings. The number of hydrogen-bond donors (Lipinski definition) is 0. The Morgan fingerprint density at radius 3 is 1.48 bits per heavy atom. The molecule has 56 heavy (non-hydrogen) atoms. The normalized spacial score (nSPS) is 13.1. The Hall–Kier alpha value is -7.43. The summed E-state index contributed by atoms with van der Waals surface area (Å²) in [5.74, 6) is 1.85. The van der Waals surface area contributed by atoms with Gasteiger partial charge in [0, 0.05) is 27.5 Å². The lowest BCUT2D eigenvalue weighted by Crippen LogP contribution is -2.26. The number of hydrogen-bond acceptors (Lipinski definition) is 4. The van der Waals surface area contributed by atoms with Crippen LogP contribution in [0.5, 0.6) is 0 Å². The molecule has 4 nitrogen and oxygen atoms in total. The standard InChI is InChI=1S/C52H31N3O/c1-2-14-33(15-3-1)49-53-50(55-51(54-49)41-22-13-27-46-47(41)40-19-7-11-26-45(40)56-46)34-30-28-32(29-31-34)35-20-12-21-39-38-18-6-10-25-44(38)52(48(35)39)42-23-8-4-16-36(42)37-17-5-9-24-43(37)52/h1-31H. The quantitative estimate of drug-likeness (QED) is 0.182. The fourth-order valence-corrected chi connectivity index (χ4v) is 9.50. The first kappa shape index (κ1) is 31.0. The molecular formula is C52H31N3O. The molecule has 0 unspecified atom stereocenters. The molecule has 1 spiro atoms. The lowest BCUT2D eigenvalue weighted by atomic mass is 9.68. The number of nitrogens with zero attached hydrogens (tertiary/aromatic N) is 3. The van der Waals surface area contributed by atoms with Gasteiger partial charge in [-0.3, -0.25) is 0 Å². The molecule has 0 saturated carbocycles. The molecule has 12 rings (SSSR count). The zero-order valence-corrected chi connectivity index (χ0v) is 30.1. The van der Waals surface area contributed by atoms with Crippen LogP contribution in [0.2, 0.25) is 0 Å². The van der Waals surface area contributed by atoms with E-state index in [-0.39, 0.29) is 0 Å². The zero-order chi connectivity index (χ0) is 36.8. The minimum Gasteiger partial charge on any atom is -0.456 e. The molecule has 0 N–H and O–H groups in total. The molecule has 260 valence electrons. The molecule has 10 aromatic rings. The lowest BCUT2D eigenvalue weighted by Gasteiger charge is -2.32. The number of fused-ring (bicyclic) bond motifs is 13. The van der Waals surface area contributed by atoms with Gasteiger partial charge in [0.25, 0.3) is 0 Å². The van der Waals surface area contributed by atoms with E-state index in [1.807, 2.05) is 60.7 Å². The summed E-state index contributed by atoms with van der Waals surface area (Å²) in [4.78, 5) is 15.3. The van der Waals surface area contributed by atoms with E-state index in [1.165, 1.54) is 50.1 Å². The second-order valence-corrected chi connectivity index (χ2v) is 14.6. The number of furan rings is 1. The maximum absolute atomic E-state index is 6.25. The van der Waals surface area contributed by atoms with E-state index in [1.54, 1.807) is 0 Å². The molecule has 0 saturated heterocycles. The van der Waals surface area contributed by atoms with Crippen LogP contribution >= 0.6 is 0 Å². The molecule has 8 aromatic carbocycles. The largest absolute Gasteiger partial charge is 0.456 e. The highest BCUT2D eigenvalue weighted by Gasteiger charge is 2.52. The van der Waals surface area contributed by atoms with Crippen molar-refractivity contribution >= 4 is 21.9 Å². The monoisotopic (exact) mass is 713 g/mol. The summed E-state index contributed by atoms with van der Waals surface area (Å²) in [6.45, 7) is 0. The van der Waals surface area contributed by atoms with Crippen LogP contribution in [0.15, 0.2) is 192 Å². The summed E-state index contributed by atoms with van der Waals surface area (Å²) in [6.07, 6.45) is 0. The Morgan fingerprint density at radius 2 is 0.786 bits per heavy atom. The topological polar surface area (TPSA) is 51.8 Å². The summed E-state index contributed by atoms with van der Waals surface area (Å²) in [5, 5.41) is 2.03. The van der Waals surface area contributed by atoms with E-state index in [4.69, 9.17) is 19.4 Å². The molecule has 0 bridgehead atoms. The van der Waals surface area contributed by atoms with Crippen LogP contribution in [0.1, 0.15) is 22.3 Å². The maximum atomic E-state index is 6.25. The number of aromatic nitrogens is 3. The summed E-state index contributed by atoms with van der Waals surface area (Å²) in [7, 11) is 0. The van der Waals surface area contributed by atoms with Crippen LogP contribution in [-0.4, -0.2) is 15.0 Å². The van der Waals surface area contributed by atoms with Gasteiger partial charge in [-0.15, -0.1) is 0 Å². The Bertz CT molecular complexity index is 3130. The molecule has 4 heteroatoms.